The van der Waals surface area contributed by atoms with Crippen LogP contribution in [-0.4, -0.2) is 93.7 Å². The number of thioether (sulfide) groups is 1. The number of carbonyl (C=O) groups is 3. The molecule has 0 saturated carbocycles. The number of hydrogen-bond donors (Lipinski definition) is 1. The second-order valence-electron chi connectivity index (χ2n) is 19.3. The van der Waals surface area contributed by atoms with Crippen molar-refractivity contribution in [2.45, 2.75) is 108 Å². The van der Waals surface area contributed by atoms with Crippen molar-refractivity contribution in [3.8, 4) is 23.0 Å². The molecule has 26 heteroatoms. The molecule has 5 aromatic rings. The molecule has 3 amide bonds. The van der Waals surface area contributed by atoms with Crippen molar-refractivity contribution in [3.63, 3.8) is 0 Å². The molecule has 398 valence electrons. The molecule has 1 fully saturated rings. The van der Waals surface area contributed by atoms with Crippen LogP contribution in [0.25, 0.3) is 22.0 Å². The molecule has 3 atom stereocenters. The molecule has 1 N–H and O–H groups in total. The van der Waals surface area contributed by atoms with E-state index in [9.17, 15) is 53.7 Å². The number of alkyl halides is 8. The third-order valence-corrected chi connectivity index (χ3v) is 14.2. The molecule has 1 saturated heterocycles. The van der Waals surface area contributed by atoms with Gasteiger partial charge in [-0.1, -0.05) is 30.5 Å². The molecule has 0 bridgehead atoms. The number of amides is 3. The van der Waals surface area contributed by atoms with Gasteiger partial charge in [0.25, 0.3) is 5.92 Å². The number of likely N-dealkylation sites (tertiary alicyclic amines) is 1. The summed E-state index contributed by atoms with van der Waals surface area (Å²) in [5, 5.41) is 9.52. The Balaban J connectivity index is 1.42. The van der Waals surface area contributed by atoms with Gasteiger partial charge >= 0.3 is 18.4 Å². The minimum absolute atomic E-state index is 0.0161. The lowest BCUT2D eigenvalue weighted by Crippen LogP contribution is -2.57. The smallest absolute Gasteiger partial charge is 0.435 e. The average Bonchev–Trinajstić information content (AvgIpc) is 3.88. The maximum Gasteiger partial charge on any atom is 0.435 e. The zero-order chi connectivity index (χ0) is 54.8. The molecule has 3 aromatic heterocycles. The van der Waals surface area contributed by atoms with E-state index in [1.807, 2.05) is 0 Å². The van der Waals surface area contributed by atoms with Crippen molar-refractivity contribution in [1.82, 2.24) is 34.8 Å². The molecule has 0 spiro atoms. The van der Waals surface area contributed by atoms with Crippen LogP contribution >= 0.6 is 23.4 Å². The van der Waals surface area contributed by atoms with Crippen molar-refractivity contribution in [2.24, 2.45) is 5.92 Å². The summed E-state index contributed by atoms with van der Waals surface area (Å²) in [5.41, 5.74) is -5.60. The fourth-order valence-corrected chi connectivity index (χ4v) is 9.79. The highest BCUT2D eigenvalue weighted by Gasteiger charge is 2.53. The molecule has 4 heterocycles. The van der Waals surface area contributed by atoms with Crippen LogP contribution in [-0.2, 0) is 56.9 Å². The minimum Gasteiger partial charge on any atom is -0.444 e. The summed E-state index contributed by atoms with van der Waals surface area (Å²) in [5.74, 6) is -5.13. The number of rotatable bonds is 12. The lowest BCUT2D eigenvalue weighted by molar-refractivity contribution is -0.143. The van der Waals surface area contributed by atoms with E-state index in [0.717, 1.165) is 25.3 Å². The Bertz CT molecular complexity index is 3120. The predicted molar refractivity (Wildman–Crippen MR) is 256 cm³/mol. The molecule has 0 radical (unpaired) electrons. The molecule has 2 aliphatic rings. The van der Waals surface area contributed by atoms with E-state index in [4.69, 9.17) is 21.3 Å². The second-order valence-corrected chi connectivity index (χ2v) is 22.4. The first kappa shape index (κ1) is 55.9. The van der Waals surface area contributed by atoms with Gasteiger partial charge in [-0.2, -0.15) is 45.3 Å². The highest BCUT2D eigenvalue weighted by Crippen LogP contribution is 2.52. The van der Waals surface area contributed by atoms with Crippen molar-refractivity contribution < 1.29 is 67.2 Å². The van der Waals surface area contributed by atoms with E-state index < -0.39 is 141 Å². The number of ether oxygens (including phenoxy) is 1. The average molecular weight is 1110 g/mol. The molecular weight excluding hydrogens is 1060 g/mol. The Morgan fingerprint density at radius 1 is 0.973 bits per heavy atom. The molecular formula is C48H47ClF10N8O5S2. The number of pyridine rings is 1. The van der Waals surface area contributed by atoms with Crippen molar-refractivity contribution >= 4 is 69.0 Å². The van der Waals surface area contributed by atoms with Gasteiger partial charge in [0.05, 0.1) is 38.3 Å². The van der Waals surface area contributed by atoms with E-state index in [-0.39, 0.29) is 56.3 Å². The first-order valence-corrected chi connectivity index (χ1v) is 25.6. The summed E-state index contributed by atoms with van der Waals surface area (Å²) in [6.07, 6.45) is -9.72. The summed E-state index contributed by atoms with van der Waals surface area (Å²) < 4.78 is 167. The molecule has 7 rings (SSSR count). The standard InChI is InChI=1S/C48H47ClF10N8O5S2/c1-24-19-46(52,53)40-35(24)39(48(57,58)59)62-65(40)22-34(68)61-33(17-25-15-27(50)18-28(51)16-25)37-30(10-9-29(60-37)13-14-45(5,6)73-7)31-11-12-32(49)36-38(31)66(23-47(54,55)56)63-41(36)67(74(8)71)42(69)26-20-64(21-26)43(70)72-44(2,3)4/h9-12,15-16,18,24,26,33H,17,19-23H2,1-8H3,(H,61,68)/t24-,33?,74?/m0/s1. The monoisotopic (exact) mass is 1100 g/mol. The normalized spacial score (nSPS) is 16.8. The lowest BCUT2D eigenvalue weighted by atomic mass is 9.93. The van der Waals surface area contributed by atoms with Gasteiger partial charge in [-0.25, -0.2) is 27.1 Å². The molecule has 2 aromatic carbocycles. The zero-order valence-corrected chi connectivity index (χ0v) is 43.1. The van der Waals surface area contributed by atoms with Gasteiger partial charge in [0, 0.05) is 48.5 Å². The number of nitrogens with zero attached hydrogens (tertiary/aromatic N) is 7. The van der Waals surface area contributed by atoms with Crippen LogP contribution < -0.4 is 9.62 Å². The van der Waals surface area contributed by atoms with Gasteiger partial charge < -0.3 is 15.0 Å². The Morgan fingerprint density at radius 3 is 2.19 bits per heavy atom. The first-order valence-electron chi connectivity index (χ1n) is 22.5. The maximum atomic E-state index is 15.4. The fraction of sp³-hybridized carbons (Fsp3) is 0.458. The van der Waals surface area contributed by atoms with E-state index in [2.05, 4.69) is 27.4 Å². The Labute approximate surface area is 429 Å². The SMILES string of the molecule is CSC(C)(C)C#Cc1ccc(-c2ccc(Cl)c3c(N(C(=O)C4CN(C(=O)OC(C)(C)C)C4)S(C)=O)nn(CC(F)(F)F)c23)c(C(Cc2cc(F)cc(F)c2)NC(=O)Cn2nc(C(F)(F)F)c3c2C(F)(F)C[C@@H]3C)n1. The number of fused-ring (bicyclic) bond motifs is 2. The number of benzene rings is 2. The number of anilines is 1. The van der Waals surface area contributed by atoms with Gasteiger partial charge in [-0.3, -0.25) is 19.0 Å². The first-order chi connectivity index (χ1) is 34.2. The largest absolute Gasteiger partial charge is 0.444 e. The summed E-state index contributed by atoms with van der Waals surface area (Å²) in [6.45, 7) is 6.11. The molecule has 1 aliphatic carbocycles. The van der Waals surface area contributed by atoms with E-state index >= 15 is 8.78 Å². The van der Waals surface area contributed by atoms with Crippen LogP contribution in [0.2, 0.25) is 5.02 Å². The highest BCUT2D eigenvalue weighted by molar-refractivity contribution is 8.00. The Morgan fingerprint density at radius 2 is 1.61 bits per heavy atom. The van der Waals surface area contributed by atoms with E-state index in [1.165, 1.54) is 40.9 Å². The van der Waals surface area contributed by atoms with Crippen LogP contribution in [0.15, 0.2) is 42.5 Å². The topological polar surface area (TPSA) is 145 Å². The van der Waals surface area contributed by atoms with Gasteiger partial charge in [0.15, 0.2) is 11.5 Å². The van der Waals surface area contributed by atoms with Crippen LogP contribution in [0.3, 0.4) is 0 Å². The van der Waals surface area contributed by atoms with Crippen LogP contribution in [0.1, 0.15) is 93.8 Å². The van der Waals surface area contributed by atoms with Gasteiger partial charge in [-0.05, 0) is 95.0 Å². The summed E-state index contributed by atoms with van der Waals surface area (Å²) in [4.78, 5) is 47.1. The van der Waals surface area contributed by atoms with Crippen molar-refractivity contribution in [2.75, 3.05) is 29.9 Å². The summed E-state index contributed by atoms with van der Waals surface area (Å²) in [7, 11) is -2.34. The second kappa shape index (κ2) is 20.3. The Hall–Kier alpha value is -5.87. The van der Waals surface area contributed by atoms with Crippen molar-refractivity contribution in [3.05, 3.63) is 93.0 Å². The van der Waals surface area contributed by atoms with Gasteiger partial charge in [0.1, 0.15) is 52.7 Å². The predicted octanol–water partition coefficient (Wildman–Crippen LogP) is 10.5. The third-order valence-electron chi connectivity index (χ3n) is 11.9. The quantitative estimate of drug-likeness (QED) is 0.0953. The number of aromatic nitrogens is 5. The minimum atomic E-state index is -5.20. The number of hydrogen-bond acceptors (Lipinski definition) is 9. The molecule has 1 aliphatic heterocycles. The van der Waals surface area contributed by atoms with Crippen LogP contribution in [0, 0.1) is 29.4 Å². The highest BCUT2D eigenvalue weighted by atomic mass is 35.5. The summed E-state index contributed by atoms with van der Waals surface area (Å²) in [6, 6.07) is 5.87. The number of halogens is 11. The number of carbonyl (C=O) groups excluding carboxylic acids is 3. The van der Waals surface area contributed by atoms with E-state index in [1.54, 1.807) is 40.9 Å². The molecule has 13 nitrogen and oxygen atoms in total. The van der Waals surface area contributed by atoms with Crippen LogP contribution in [0.5, 0.6) is 0 Å². The lowest BCUT2D eigenvalue weighted by Gasteiger charge is -2.40. The van der Waals surface area contributed by atoms with Crippen LogP contribution in [0.4, 0.5) is 54.5 Å². The summed E-state index contributed by atoms with van der Waals surface area (Å²) >= 11 is 8.14. The maximum absolute atomic E-state index is 15.4. The van der Waals surface area contributed by atoms with Crippen molar-refractivity contribution in [1.29, 1.82) is 0 Å². The molecule has 74 heavy (non-hydrogen) atoms. The number of nitrogens with one attached hydrogen (secondary N) is 1. The molecule has 2 unspecified atom stereocenters. The Kier molecular flexibility index (Phi) is 15.4. The van der Waals surface area contributed by atoms with Gasteiger partial charge in [0.2, 0.25) is 11.8 Å². The zero-order valence-electron chi connectivity index (χ0n) is 40.7. The van der Waals surface area contributed by atoms with Gasteiger partial charge in [-0.15, -0.1) is 11.8 Å². The fourth-order valence-electron chi connectivity index (χ4n) is 8.63. The van der Waals surface area contributed by atoms with E-state index in [0.29, 0.717) is 15.1 Å². The third kappa shape index (κ3) is 12.1.